The van der Waals surface area contributed by atoms with Crippen LogP contribution in [0.5, 0.6) is 0 Å². The van der Waals surface area contributed by atoms with Crippen LogP contribution in [0.25, 0.3) is 0 Å². The minimum atomic E-state index is -1.58. The third kappa shape index (κ3) is 5.53. The van der Waals surface area contributed by atoms with E-state index in [1.165, 1.54) is 26.2 Å². The van der Waals surface area contributed by atoms with Crippen molar-refractivity contribution in [2.45, 2.75) is 44.5 Å². The highest BCUT2D eigenvalue weighted by Crippen LogP contribution is 2.28. The first kappa shape index (κ1) is 20.3. The van der Waals surface area contributed by atoms with Crippen LogP contribution in [0.15, 0.2) is 30.6 Å². The Bertz CT molecular complexity index is 837. The predicted molar refractivity (Wildman–Crippen MR) is 107 cm³/mol. The molecular formula is C19H23ClFN5O2. The number of aliphatic hydroxyl groups is 1. The number of amides is 1. The fraction of sp³-hybridized carbons (Fsp3) is 0.421. The second-order valence-corrected chi connectivity index (χ2v) is 7.79. The summed E-state index contributed by atoms with van der Waals surface area (Å²) in [5.41, 5.74) is -0.616. The van der Waals surface area contributed by atoms with Crippen molar-refractivity contribution >= 4 is 34.8 Å². The molecule has 1 aliphatic carbocycles. The van der Waals surface area contributed by atoms with E-state index in [9.17, 15) is 14.3 Å². The van der Waals surface area contributed by atoms with Crippen molar-refractivity contribution < 1.29 is 14.3 Å². The van der Waals surface area contributed by atoms with Crippen molar-refractivity contribution in [1.29, 1.82) is 0 Å². The van der Waals surface area contributed by atoms with Gasteiger partial charge < -0.3 is 21.1 Å². The molecule has 1 amide bonds. The molecule has 9 heteroatoms. The van der Waals surface area contributed by atoms with Gasteiger partial charge in [-0.25, -0.2) is 14.4 Å². The van der Waals surface area contributed by atoms with Crippen LogP contribution in [0.2, 0.25) is 5.02 Å². The van der Waals surface area contributed by atoms with E-state index in [4.69, 9.17) is 11.6 Å². The third-order valence-corrected chi connectivity index (χ3v) is 4.50. The lowest BCUT2D eigenvalue weighted by molar-refractivity contribution is -0.00177. The molecule has 0 spiro atoms. The van der Waals surface area contributed by atoms with Gasteiger partial charge in [0.2, 0.25) is 0 Å². The summed E-state index contributed by atoms with van der Waals surface area (Å²) in [4.78, 5) is 20.9. The Morgan fingerprint density at radius 1 is 1.32 bits per heavy atom. The van der Waals surface area contributed by atoms with Crippen LogP contribution in [0.4, 0.5) is 21.7 Å². The highest BCUT2D eigenvalue weighted by Gasteiger charge is 2.28. The van der Waals surface area contributed by atoms with Crippen LogP contribution in [0, 0.1) is 0 Å². The van der Waals surface area contributed by atoms with Crippen molar-refractivity contribution in [3.8, 4) is 0 Å². The van der Waals surface area contributed by atoms with Gasteiger partial charge in [-0.3, -0.25) is 4.79 Å². The fourth-order valence-corrected chi connectivity index (χ4v) is 2.49. The van der Waals surface area contributed by atoms with Gasteiger partial charge in [0, 0.05) is 24.5 Å². The van der Waals surface area contributed by atoms with Gasteiger partial charge in [-0.15, -0.1) is 0 Å². The van der Waals surface area contributed by atoms with Crippen molar-refractivity contribution in [1.82, 2.24) is 15.3 Å². The minimum absolute atomic E-state index is 0.292. The number of aromatic nitrogens is 2. The largest absolute Gasteiger partial charge is 0.387 e. The first-order valence-corrected chi connectivity index (χ1v) is 9.40. The van der Waals surface area contributed by atoms with Crippen LogP contribution in [-0.4, -0.2) is 45.3 Å². The molecule has 4 N–H and O–H groups in total. The molecule has 2 aromatic heterocycles. The Morgan fingerprint density at radius 3 is 2.64 bits per heavy atom. The van der Waals surface area contributed by atoms with Crippen molar-refractivity contribution in [2.24, 2.45) is 0 Å². The molecule has 1 unspecified atom stereocenters. The summed E-state index contributed by atoms with van der Waals surface area (Å²) >= 11 is 5.84. The summed E-state index contributed by atoms with van der Waals surface area (Å²) in [6.45, 7) is 2.42. The molecule has 28 heavy (non-hydrogen) atoms. The van der Waals surface area contributed by atoms with Crippen molar-refractivity contribution in [2.75, 3.05) is 17.2 Å². The second-order valence-electron chi connectivity index (χ2n) is 7.35. The number of rotatable bonds is 8. The zero-order valence-corrected chi connectivity index (χ0v) is 16.4. The van der Waals surface area contributed by atoms with Gasteiger partial charge in [0.05, 0.1) is 28.4 Å². The zero-order valence-electron chi connectivity index (χ0n) is 15.7. The number of halogens is 2. The van der Waals surface area contributed by atoms with Crippen molar-refractivity contribution in [3.63, 3.8) is 0 Å². The Labute approximate surface area is 167 Å². The van der Waals surface area contributed by atoms with E-state index in [1.807, 2.05) is 0 Å². The molecule has 0 aliphatic heterocycles. The minimum Gasteiger partial charge on any atom is -0.387 e. The molecule has 0 saturated heterocycles. The number of anilines is 3. The normalized spacial score (nSPS) is 15.0. The lowest BCUT2D eigenvalue weighted by Gasteiger charge is -2.22. The van der Waals surface area contributed by atoms with E-state index in [0.29, 0.717) is 34.0 Å². The predicted octanol–water partition coefficient (Wildman–Crippen LogP) is 3.29. The van der Waals surface area contributed by atoms with Crippen LogP contribution >= 0.6 is 11.6 Å². The molecule has 0 bridgehead atoms. The van der Waals surface area contributed by atoms with Gasteiger partial charge in [-0.1, -0.05) is 11.6 Å². The van der Waals surface area contributed by atoms with Crippen LogP contribution in [0.1, 0.15) is 37.0 Å². The summed E-state index contributed by atoms with van der Waals surface area (Å²) in [5, 5.41) is 19.1. The molecular weight excluding hydrogens is 385 g/mol. The monoisotopic (exact) mass is 407 g/mol. The van der Waals surface area contributed by atoms with Gasteiger partial charge in [0.15, 0.2) is 0 Å². The highest BCUT2D eigenvalue weighted by molar-refractivity contribution is 6.30. The molecule has 1 fully saturated rings. The maximum Gasteiger partial charge on any atom is 0.255 e. The first-order chi connectivity index (χ1) is 13.2. The van der Waals surface area contributed by atoms with Crippen LogP contribution in [0.3, 0.4) is 0 Å². The second kappa shape index (κ2) is 8.28. The Kier molecular flexibility index (Phi) is 6.00. The smallest absolute Gasteiger partial charge is 0.255 e. The summed E-state index contributed by atoms with van der Waals surface area (Å²) < 4.78 is 13.9. The number of nitrogens with one attached hydrogen (secondary N) is 3. The molecule has 150 valence electrons. The zero-order chi connectivity index (χ0) is 20.3. The molecule has 1 atom stereocenters. The summed E-state index contributed by atoms with van der Waals surface area (Å²) in [6.07, 6.45) is 3.41. The summed E-state index contributed by atoms with van der Waals surface area (Å²) in [5.74, 6) is 0.616. The quantitative estimate of drug-likeness (QED) is 0.536. The van der Waals surface area contributed by atoms with Crippen LogP contribution in [-0.2, 0) is 0 Å². The number of carbonyl (C=O) groups excluding carboxylic acids is 1. The molecule has 2 heterocycles. The van der Waals surface area contributed by atoms with Gasteiger partial charge in [-0.05, 0) is 38.8 Å². The lowest BCUT2D eigenvalue weighted by atomic mass is 10.0. The Hall–Kier alpha value is -2.45. The van der Waals surface area contributed by atoms with Gasteiger partial charge in [0.1, 0.15) is 17.8 Å². The number of hydrogen-bond donors (Lipinski definition) is 4. The Balaban J connectivity index is 1.74. The first-order valence-electron chi connectivity index (χ1n) is 9.02. The topological polar surface area (TPSA) is 99.2 Å². The average Bonchev–Trinajstić information content (AvgIpc) is 3.45. The molecule has 1 saturated carbocycles. The van der Waals surface area contributed by atoms with E-state index in [-0.39, 0.29) is 6.54 Å². The number of pyridine rings is 2. The molecule has 3 rings (SSSR count). The number of hydrogen-bond acceptors (Lipinski definition) is 6. The average molecular weight is 408 g/mol. The van der Waals surface area contributed by atoms with E-state index in [0.717, 1.165) is 12.8 Å². The third-order valence-electron chi connectivity index (χ3n) is 4.28. The van der Waals surface area contributed by atoms with Crippen LogP contribution < -0.4 is 16.0 Å². The maximum absolute atomic E-state index is 13.9. The molecule has 2 aromatic rings. The molecule has 1 aliphatic rings. The standard InChI is InChI=1S/C19H23ClFN5O2/c1-19(2,28)15(21)10-24-18(27)13-9-23-17(7-14(13)25-12-4-5-12)26-16-6-3-11(20)8-22-16/h3,6-9,12,15,28H,4-5,10H2,1-2H3,(H,24,27)(H2,22,23,25,26). The molecule has 0 radical (unpaired) electrons. The van der Waals surface area contributed by atoms with E-state index in [2.05, 4.69) is 25.9 Å². The van der Waals surface area contributed by atoms with E-state index in [1.54, 1.807) is 18.2 Å². The van der Waals surface area contributed by atoms with Crippen molar-refractivity contribution in [3.05, 3.63) is 41.2 Å². The Morgan fingerprint density at radius 2 is 2.04 bits per heavy atom. The molecule has 7 nitrogen and oxygen atoms in total. The number of nitrogens with zero attached hydrogens (tertiary/aromatic N) is 2. The summed E-state index contributed by atoms with van der Waals surface area (Å²) in [7, 11) is 0. The fourth-order valence-electron chi connectivity index (χ4n) is 2.38. The number of carbonyl (C=O) groups is 1. The van der Waals surface area contributed by atoms with Gasteiger partial charge in [-0.2, -0.15) is 0 Å². The maximum atomic E-state index is 13.9. The molecule has 0 aromatic carbocycles. The van der Waals surface area contributed by atoms with E-state index >= 15 is 0 Å². The van der Waals surface area contributed by atoms with Gasteiger partial charge in [0.25, 0.3) is 5.91 Å². The SMILES string of the molecule is CC(C)(O)C(F)CNC(=O)c1cnc(Nc2ccc(Cl)cn2)cc1NC1CC1. The van der Waals surface area contributed by atoms with Gasteiger partial charge >= 0.3 is 0 Å². The lowest BCUT2D eigenvalue weighted by Crippen LogP contribution is -2.42. The number of alkyl halides is 1. The van der Waals surface area contributed by atoms with E-state index < -0.39 is 17.7 Å². The highest BCUT2D eigenvalue weighted by atomic mass is 35.5. The summed E-state index contributed by atoms with van der Waals surface area (Å²) in [6, 6.07) is 5.45.